The van der Waals surface area contributed by atoms with Gasteiger partial charge < -0.3 is 4.74 Å². The van der Waals surface area contributed by atoms with Gasteiger partial charge in [0.05, 0.1) is 12.8 Å². The fourth-order valence-corrected chi connectivity index (χ4v) is 2.95. The zero-order valence-corrected chi connectivity index (χ0v) is 13.6. The Labute approximate surface area is 129 Å². The van der Waals surface area contributed by atoms with Gasteiger partial charge in [-0.3, -0.25) is 4.79 Å². The first kappa shape index (κ1) is 15.6. The summed E-state index contributed by atoms with van der Waals surface area (Å²) < 4.78 is 5.27. The molecule has 0 fully saturated rings. The second-order valence-electron chi connectivity index (χ2n) is 5.07. The Bertz CT molecular complexity index is 608. The van der Waals surface area contributed by atoms with Gasteiger partial charge in [0.2, 0.25) is 5.91 Å². The van der Waals surface area contributed by atoms with E-state index in [0.29, 0.717) is 6.42 Å². The quantitative estimate of drug-likeness (QED) is 0.868. The van der Waals surface area contributed by atoms with Crippen LogP contribution in [0.5, 0.6) is 5.75 Å². The number of methoxy groups -OCH3 is 1. The highest BCUT2D eigenvalue weighted by atomic mass is 32.2. The molecule has 112 valence electrons. The molecule has 1 atom stereocenters. The topological polar surface area (TPSA) is 50.7 Å². The molecule has 0 aromatic heterocycles. The van der Waals surface area contributed by atoms with Crippen LogP contribution in [-0.2, 0) is 4.79 Å². The summed E-state index contributed by atoms with van der Waals surface area (Å²) in [6.07, 6.45) is 4.58. The molecule has 4 nitrogen and oxygen atoms in total. The first-order valence-electron chi connectivity index (χ1n) is 6.82. The molecular weight excluding hydrogens is 284 g/mol. The van der Waals surface area contributed by atoms with E-state index >= 15 is 0 Å². The van der Waals surface area contributed by atoms with Crippen molar-refractivity contribution in [3.05, 3.63) is 29.8 Å². The Morgan fingerprint density at radius 2 is 2.29 bits per heavy atom. The van der Waals surface area contributed by atoms with Crippen LogP contribution >= 0.6 is 11.8 Å². The normalized spacial score (nSPS) is 19.0. The number of ether oxygens (including phenoxy) is 1. The van der Waals surface area contributed by atoms with E-state index in [0.717, 1.165) is 27.5 Å². The van der Waals surface area contributed by atoms with Crippen LogP contribution in [-0.4, -0.2) is 25.0 Å². The van der Waals surface area contributed by atoms with E-state index in [2.05, 4.69) is 23.5 Å². The number of hydrogen-bond donors (Lipinski definition) is 1. The summed E-state index contributed by atoms with van der Waals surface area (Å²) in [5, 5.41) is 4.16. The van der Waals surface area contributed by atoms with Crippen LogP contribution < -0.4 is 10.2 Å². The monoisotopic (exact) mass is 304 g/mol. The van der Waals surface area contributed by atoms with Crippen molar-refractivity contribution in [2.24, 2.45) is 11.0 Å². The van der Waals surface area contributed by atoms with Crippen LogP contribution in [0.1, 0.15) is 25.8 Å². The summed E-state index contributed by atoms with van der Waals surface area (Å²) in [7, 11) is 1.67. The average molecular weight is 304 g/mol. The number of nitrogens with zero attached hydrogens (tertiary/aromatic N) is 1. The minimum atomic E-state index is -0.0217. The zero-order chi connectivity index (χ0) is 15.4. The summed E-state index contributed by atoms with van der Waals surface area (Å²) >= 11 is 1.69. The van der Waals surface area contributed by atoms with E-state index < -0.39 is 0 Å². The molecule has 0 spiro atoms. The van der Waals surface area contributed by atoms with Crippen LogP contribution in [0.15, 0.2) is 34.3 Å². The molecule has 1 heterocycles. The van der Waals surface area contributed by atoms with Gasteiger partial charge in [0.15, 0.2) is 0 Å². The molecule has 0 saturated heterocycles. The lowest BCUT2D eigenvalue weighted by Crippen LogP contribution is -2.30. The predicted octanol–water partition coefficient (Wildman–Crippen LogP) is 3.33. The second-order valence-corrected chi connectivity index (χ2v) is 5.92. The molecule has 21 heavy (non-hydrogen) atoms. The maximum atomic E-state index is 11.3. The fourth-order valence-electron chi connectivity index (χ4n) is 2.26. The summed E-state index contributed by atoms with van der Waals surface area (Å²) in [6.45, 7) is 4.08. The van der Waals surface area contributed by atoms with Crippen LogP contribution in [0.25, 0.3) is 5.57 Å². The number of carbonyl (C=O) groups excluding carboxylic acids is 1. The third-order valence-electron chi connectivity index (χ3n) is 3.50. The minimum absolute atomic E-state index is 0.0217. The molecular formula is C16H20N2O2S. The molecule has 1 N–H and O–H groups in total. The Hall–Kier alpha value is -1.75. The number of hydrogen-bond acceptors (Lipinski definition) is 4. The van der Waals surface area contributed by atoms with Crippen molar-refractivity contribution < 1.29 is 9.53 Å². The smallest absolute Gasteiger partial charge is 0.240 e. The maximum Gasteiger partial charge on any atom is 0.240 e. The number of hydrazone groups is 1. The van der Waals surface area contributed by atoms with Crippen molar-refractivity contribution >= 4 is 29.0 Å². The lowest BCUT2D eigenvalue weighted by Gasteiger charge is -2.17. The number of benzene rings is 1. The first-order chi connectivity index (χ1) is 10.0. The lowest BCUT2D eigenvalue weighted by atomic mass is 9.96. The van der Waals surface area contributed by atoms with Gasteiger partial charge in [-0.25, -0.2) is 5.43 Å². The van der Waals surface area contributed by atoms with Crippen LogP contribution in [0.2, 0.25) is 0 Å². The van der Waals surface area contributed by atoms with Gasteiger partial charge in [-0.2, -0.15) is 5.10 Å². The van der Waals surface area contributed by atoms with Crippen molar-refractivity contribution in [1.29, 1.82) is 0 Å². The standard InChI is InChI=1S/C16H20N2O2S/c1-10(7-14-11(2)8-16(19)18-17-14)13-6-5-12(20-3)9-15(13)21-4/h5-7,9,11H,8H2,1-4H3,(H,18,19). The molecule has 0 saturated carbocycles. The van der Waals surface area contributed by atoms with Crippen LogP contribution in [0.4, 0.5) is 0 Å². The number of nitrogens with one attached hydrogen (secondary N) is 1. The van der Waals surface area contributed by atoms with E-state index in [4.69, 9.17) is 4.74 Å². The van der Waals surface area contributed by atoms with Crippen molar-refractivity contribution in [3.8, 4) is 5.75 Å². The van der Waals surface area contributed by atoms with Crippen molar-refractivity contribution in [3.63, 3.8) is 0 Å². The first-order valence-corrected chi connectivity index (χ1v) is 8.04. The van der Waals surface area contributed by atoms with Gasteiger partial charge in [0, 0.05) is 17.2 Å². The van der Waals surface area contributed by atoms with Crippen molar-refractivity contribution in [2.45, 2.75) is 25.2 Å². The highest BCUT2D eigenvalue weighted by Crippen LogP contribution is 2.30. The summed E-state index contributed by atoms with van der Waals surface area (Å²) in [5.41, 5.74) is 5.75. The SMILES string of the molecule is COc1ccc(C(C)=CC2=NNC(=O)CC2C)c(SC)c1. The number of carbonyl (C=O) groups is 1. The lowest BCUT2D eigenvalue weighted by molar-refractivity contribution is -0.121. The number of amides is 1. The van der Waals surface area contributed by atoms with Gasteiger partial charge in [0.25, 0.3) is 0 Å². The Balaban J connectivity index is 2.33. The molecule has 1 aliphatic heterocycles. The second kappa shape index (κ2) is 6.80. The van der Waals surface area contributed by atoms with Gasteiger partial charge in [-0.05, 0) is 48.6 Å². The van der Waals surface area contributed by atoms with Gasteiger partial charge in [-0.15, -0.1) is 11.8 Å². The third-order valence-corrected chi connectivity index (χ3v) is 4.28. The van der Waals surface area contributed by atoms with E-state index in [1.807, 2.05) is 31.4 Å². The van der Waals surface area contributed by atoms with Gasteiger partial charge >= 0.3 is 0 Å². The van der Waals surface area contributed by atoms with Gasteiger partial charge in [-0.1, -0.05) is 6.92 Å². The van der Waals surface area contributed by atoms with E-state index in [1.54, 1.807) is 18.9 Å². The molecule has 1 aliphatic rings. The molecule has 0 bridgehead atoms. The average Bonchev–Trinajstić information content (AvgIpc) is 2.49. The number of allylic oxidation sites excluding steroid dienone is 2. The van der Waals surface area contributed by atoms with E-state index in [9.17, 15) is 4.79 Å². The summed E-state index contributed by atoms with van der Waals surface area (Å²) in [5.74, 6) is 0.975. The molecule has 2 rings (SSSR count). The zero-order valence-electron chi connectivity index (χ0n) is 12.8. The Morgan fingerprint density at radius 1 is 1.52 bits per heavy atom. The van der Waals surface area contributed by atoms with E-state index in [-0.39, 0.29) is 11.8 Å². The predicted molar refractivity (Wildman–Crippen MR) is 87.8 cm³/mol. The largest absolute Gasteiger partial charge is 0.497 e. The maximum absolute atomic E-state index is 11.3. The Kier molecular flexibility index (Phi) is 5.07. The highest BCUT2D eigenvalue weighted by molar-refractivity contribution is 7.98. The summed E-state index contributed by atoms with van der Waals surface area (Å²) in [6, 6.07) is 6.05. The fraction of sp³-hybridized carbons (Fsp3) is 0.375. The van der Waals surface area contributed by atoms with Crippen molar-refractivity contribution in [2.75, 3.05) is 13.4 Å². The molecule has 1 aromatic rings. The number of thioether (sulfide) groups is 1. The molecule has 1 aromatic carbocycles. The van der Waals surface area contributed by atoms with Crippen LogP contribution in [0.3, 0.4) is 0 Å². The number of rotatable bonds is 4. The molecule has 0 aliphatic carbocycles. The van der Waals surface area contributed by atoms with Crippen LogP contribution in [0, 0.1) is 5.92 Å². The van der Waals surface area contributed by atoms with Crippen molar-refractivity contribution in [1.82, 2.24) is 5.43 Å². The Morgan fingerprint density at radius 3 is 2.90 bits per heavy atom. The minimum Gasteiger partial charge on any atom is -0.497 e. The third kappa shape index (κ3) is 3.67. The molecule has 0 radical (unpaired) electrons. The molecule has 1 amide bonds. The van der Waals surface area contributed by atoms with E-state index in [1.165, 1.54) is 0 Å². The molecule has 1 unspecified atom stereocenters. The molecule has 5 heteroatoms. The summed E-state index contributed by atoms with van der Waals surface area (Å²) in [4.78, 5) is 12.5. The van der Waals surface area contributed by atoms with Gasteiger partial charge in [0.1, 0.15) is 5.75 Å². The highest BCUT2D eigenvalue weighted by Gasteiger charge is 2.19.